The summed E-state index contributed by atoms with van der Waals surface area (Å²) in [7, 11) is 0. The van der Waals surface area contributed by atoms with E-state index in [0.717, 1.165) is 10.0 Å². The lowest BCUT2D eigenvalue weighted by atomic mass is 10.1. The number of ether oxygens (including phenoxy) is 3. The molecule has 3 rings (SSSR count). The van der Waals surface area contributed by atoms with Crippen molar-refractivity contribution in [3.05, 3.63) is 56.5 Å². The van der Waals surface area contributed by atoms with E-state index in [2.05, 4.69) is 26.6 Å². The van der Waals surface area contributed by atoms with Crippen molar-refractivity contribution in [3.63, 3.8) is 0 Å². The molecule has 0 unspecified atom stereocenters. The third-order valence-electron chi connectivity index (χ3n) is 5.58. The highest BCUT2D eigenvalue weighted by Crippen LogP contribution is 2.34. The van der Waals surface area contributed by atoms with E-state index in [4.69, 9.17) is 37.4 Å². The number of benzene rings is 2. The Morgan fingerprint density at radius 1 is 1.11 bits per heavy atom. The number of carbonyl (C=O) groups excluding carboxylic acids is 2. The molecule has 0 radical (unpaired) electrons. The normalized spacial score (nSPS) is 18.9. The highest BCUT2D eigenvalue weighted by Gasteiger charge is 2.49. The maximum absolute atomic E-state index is 12.9. The van der Waals surface area contributed by atoms with E-state index in [1.807, 2.05) is 19.1 Å². The summed E-state index contributed by atoms with van der Waals surface area (Å²) in [4.78, 5) is 27.1. The van der Waals surface area contributed by atoms with Crippen molar-refractivity contribution in [3.8, 4) is 11.5 Å². The quantitative estimate of drug-likeness (QED) is 0.361. The molecule has 8 nitrogen and oxygen atoms in total. The lowest BCUT2D eigenvalue weighted by Crippen LogP contribution is -2.54. The Morgan fingerprint density at radius 2 is 1.81 bits per heavy atom. The molecular weight excluding hydrogens is 585 g/mol. The second kappa shape index (κ2) is 11.7. The summed E-state index contributed by atoms with van der Waals surface area (Å²) in [5.74, 6) is 1.06. The van der Waals surface area contributed by atoms with Gasteiger partial charge < -0.3 is 24.8 Å². The first kappa shape index (κ1) is 29.4. The maximum Gasteiger partial charge on any atom is 0.412 e. The fraction of sp³-hybridized carbons (Fsp3) is 0.462. The molecule has 1 aliphatic heterocycles. The van der Waals surface area contributed by atoms with Gasteiger partial charge in [0, 0.05) is 29.2 Å². The van der Waals surface area contributed by atoms with Crippen molar-refractivity contribution in [1.29, 1.82) is 0 Å². The lowest BCUT2D eigenvalue weighted by Gasteiger charge is -2.35. The van der Waals surface area contributed by atoms with E-state index in [0.29, 0.717) is 21.5 Å². The zero-order valence-electron chi connectivity index (χ0n) is 21.7. The molecule has 1 fully saturated rings. The first-order valence-corrected chi connectivity index (χ1v) is 13.3. The summed E-state index contributed by atoms with van der Waals surface area (Å²) in [5.41, 5.74) is -0.784. The molecule has 1 heterocycles. The van der Waals surface area contributed by atoms with Crippen LogP contribution in [-0.2, 0) is 16.0 Å². The number of urea groups is 1. The van der Waals surface area contributed by atoms with Crippen molar-refractivity contribution in [2.75, 3.05) is 6.54 Å². The van der Waals surface area contributed by atoms with Gasteiger partial charge in [-0.25, -0.2) is 9.59 Å². The summed E-state index contributed by atoms with van der Waals surface area (Å²) < 4.78 is 18.4. The van der Waals surface area contributed by atoms with Crippen LogP contribution in [0, 0.1) is 0 Å². The predicted molar refractivity (Wildman–Crippen MR) is 147 cm³/mol. The molecule has 2 N–H and O–H groups in total. The van der Waals surface area contributed by atoms with Crippen LogP contribution in [-0.4, -0.2) is 47.0 Å². The molecule has 2 atom stereocenters. The van der Waals surface area contributed by atoms with Crippen molar-refractivity contribution in [1.82, 2.24) is 15.5 Å². The van der Waals surface area contributed by atoms with Crippen LogP contribution in [0.25, 0.3) is 0 Å². The first-order chi connectivity index (χ1) is 17.2. The van der Waals surface area contributed by atoms with Crippen LogP contribution in [0.4, 0.5) is 9.59 Å². The summed E-state index contributed by atoms with van der Waals surface area (Å²) in [6, 6.07) is 9.68. The van der Waals surface area contributed by atoms with Crippen LogP contribution < -0.4 is 15.4 Å². The number of rotatable bonds is 6. The van der Waals surface area contributed by atoms with Gasteiger partial charge in [-0.3, -0.25) is 4.90 Å². The zero-order valence-corrected chi connectivity index (χ0v) is 24.8. The number of carbonyl (C=O) groups is 2. The number of nitrogens with one attached hydrogen (secondary N) is 2. The van der Waals surface area contributed by atoms with Crippen LogP contribution in [0.5, 0.6) is 11.5 Å². The standard InChI is InChI=1S/C26H32BrCl2N3O5/c1-15-21(32(26(5,6)36-15)24(34)37-25(2,3)4)14-31-23(33)30-13-16-7-8-17(27)11-22(16)35-18-9-10-19(28)20(29)12-18/h7-12,15,21H,13-14H2,1-6H3,(H2,30,31,33)/t15-,21-/m1/s1. The summed E-state index contributed by atoms with van der Waals surface area (Å²) >= 11 is 15.5. The number of amides is 3. The Hall–Kier alpha value is -2.20. The van der Waals surface area contributed by atoms with E-state index in [9.17, 15) is 9.59 Å². The van der Waals surface area contributed by atoms with Crippen LogP contribution in [0.1, 0.15) is 47.1 Å². The highest BCUT2D eigenvalue weighted by molar-refractivity contribution is 9.10. The minimum absolute atomic E-state index is 0.183. The molecule has 202 valence electrons. The molecule has 37 heavy (non-hydrogen) atoms. The topological polar surface area (TPSA) is 89.1 Å². The molecule has 2 aromatic rings. The van der Waals surface area contributed by atoms with Crippen molar-refractivity contribution >= 4 is 51.3 Å². The molecule has 11 heteroatoms. The minimum Gasteiger partial charge on any atom is -0.457 e. The van der Waals surface area contributed by atoms with E-state index in [1.165, 1.54) is 0 Å². The second-order valence-corrected chi connectivity index (χ2v) is 11.9. The smallest absolute Gasteiger partial charge is 0.412 e. The fourth-order valence-electron chi connectivity index (χ4n) is 4.00. The zero-order chi connectivity index (χ0) is 27.5. The molecule has 0 saturated carbocycles. The van der Waals surface area contributed by atoms with Crippen LogP contribution in [0.15, 0.2) is 40.9 Å². The number of hydrogen-bond acceptors (Lipinski definition) is 5. The maximum atomic E-state index is 12.9. The Kier molecular flexibility index (Phi) is 9.27. The summed E-state index contributed by atoms with van der Waals surface area (Å²) in [5, 5.41) is 6.49. The van der Waals surface area contributed by atoms with Gasteiger partial charge in [0.15, 0.2) is 0 Å². The number of hydrogen-bond donors (Lipinski definition) is 2. The molecule has 0 aromatic heterocycles. The van der Waals surface area contributed by atoms with Crippen LogP contribution in [0.3, 0.4) is 0 Å². The average molecular weight is 617 g/mol. The fourth-order valence-corrected chi connectivity index (χ4v) is 4.62. The molecular formula is C26H32BrCl2N3O5. The third kappa shape index (κ3) is 7.89. The minimum atomic E-state index is -0.876. The monoisotopic (exact) mass is 615 g/mol. The van der Waals surface area contributed by atoms with Crippen molar-refractivity contribution in [2.45, 2.75) is 71.6 Å². The predicted octanol–water partition coefficient (Wildman–Crippen LogP) is 7.11. The van der Waals surface area contributed by atoms with Gasteiger partial charge >= 0.3 is 12.1 Å². The largest absolute Gasteiger partial charge is 0.457 e. The Balaban J connectivity index is 1.63. The molecule has 0 bridgehead atoms. The first-order valence-electron chi connectivity index (χ1n) is 11.8. The van der Waals surface area contributed by atoms with Gasteiger partial charge in [-0.1, -0.05) is 45.2 Å². The summed E-state index contributed by atoms with van der Waals surface area (Å²) in [6.45, 7) is 11.3. The second-order valence-electron chi connectivity index (χ2n) is 10.2. The molecule has 0 spiro atoms. The van der Waals surface area contributed by atoms with E-state index in [1.54, 1.807) is 63.8 Å². The molecule has 3 amide bonds. The third-order valence-corrected chi connectivity index (χ3v) is 6.81. The van der Waals surface area contributed by atoms with Gasteiger partial charge in [-0.05, 0) is 65.8 Å². The van der Waals surface area contributed by atoms with Gasteiger partial charge in [-0.2, -0.15) is 0 Å². The summed E-state index contributed by atoms with van der Waals surface area (Å²) in [6.07, 6.45) is -0.798. The van der Waals surface area contributed by atoms with Crippen molar-refractivity contribution in [2.24, 2.45) is 0 Å². The van der Waals surface area contributed by atoms with Crippen molar-refractivity contribution < 1.29 is 23.8 Å². The van der Waals surface area contributed by atoms with Gasteiger partial charge in [0.2, 0.25) is 0 Å². The highest BCUT2D eigenvalue weighted by atomic mass is 79.9. The van der Waals surface area contributed by atoms with Gasteiger partial charge in [0.1, 0.15) is 22.8 Å². The van der Waals surface area contributed by atoms with E-state index in [-0.39, 0.29) is 19.2 Å². The van der Waals surface area contributed by atoms with Crippen LogP contribution >= 0.6 is 39.1 Å². The molecule has 1 saturated heterocycles. The van der Waals surface area contributed by atoms with E-state index >= 15 is 0 Å². The van der Waals surface area contributed by atoms with Crippen LogP contribution in [0.2, 0.25) is 10.0 Å². The van der Waals surface area contributed by atoms with Gasteiger partial charge in [-0.15, -0.1) is 0 Å². The number of nitrogens with zero attached hydrogens (tertiary/aromatic N) is 1. The average Bonchev–Trinajstić information content (AvgIpc) is 3.00. The Morgan fingerprint density at radius 3 is 2.46 bits per heavy atom. The molecule has 1 aliphatic rings. The SMILES string of the molecule is C[C@H]1OC(C)(C)N(C(=O)OC(C)(C)C)[C@@H]1CNC(=O)NCc1ccc(Br)cc1Oc1ccc(Cl)c(Cl)c1. The number of halogens is 3. The van der Waals surface area contributed by atoms with Gasteiger partial charge in [0.25, 0.3) is 0 Å². The Labute approximate surface area is 236 Å². The molecule has 0 aliphatic carbocycles. The Bertz CT molecular complexity index is 1160. The molecule has 2 aromatic carbocycles. The van der Waals surface area contributed by atoms with E-state index < -0.39 is 29.5 Å². The van der Waals surface area contributed by atoms with Gasteiger partial charge in [0.05, 0.1) is 22.2 Å². The lowest BCUT2D eigenvalue weighted by molar-refractivity contribution is -0.0756.